The molecule has 0 unspecified atom stereocenters. The summed E-state index contributed by atoms with van der Waals surface area (Å²) in [5, 5.41) is 0. The summed E-state index contributed by atoms with van der Waals surface area (Å²) >= 11 is 0. The Balaban J connectivity index is 3.09. The van der Waals surface area contributed by atoms with Crippen molar-refractivity contribution in [3.63, 3.8) is 0 Å². The maximum absolute atomic E-state index is 13.0. The summed E-state index contributed by atoms with van der Waals surface area (Å²) in [4.78, 5) is 41.6. The molecule has 1 fully saturated rings. The van der Waals surface area contributed by atoms with Crippen LogP contribution in [0.2, 0.25) is 0 Å². The number of esters is 2. The van der Waals surface area contributed by atoms with E-state index in [1.165, 1.54) is 0 Å². The Kier molecular flexibility index (Phi) is 7.14. The molecule has 1 saturated carbocycles. The Morgan fingerprint density at radius 2 is 1.42 bits per heavy atom. The number of ketones is 1. The highest BCUT2D eigenvalue weighted by Crippen LogP contribution is 2.31. The van der Waals surface area contributed by atoms with Gasteiger partial charge in [0.25, 0.3) is 0 Å². The summed E-state index contributed by atoms with van der Waals surface area (Å²) < 4.78 is 10.5. The molecule has 0 spiro atoms. The molecule has 0 amide bonds. The van der Waals surface area contributed by atoms with E-state index in [9.17, 15) is 14.4 Å². The van der Waals surface area contributed by atoms with E-state index in [0.29, 0.717) is 12.8 Å². The molecule has 1 aliphatic rings. The Labute approximate surface area is 156 Å². The lowest BCUT2D eigenvalue weighted by Crippen LogP contribution is -2.49. The number of Topliss-reactive ketones (excluding diaryl/α,β-unsaturated/α-hetero) is 1. The van der Waals surface area contributed by atoms with E-state index < -0.39 is 34.5 Å². The maximum atomic E-state index is 13.0. The van der Waals surface area contributed by atoms with Gasteiger partial charge in [-0.3, -0.25) is 9.79 Å². The summed E-state index contributed by atoms with van der Waals surface area (Å²) in [6.45, 7) is 14.0. The second-order valence-electron chi connectivity index (χ2n) is 8.85. The van der Waals surface area contributed by atoms with Crippen LogP contribution in [0.4, 0.5) is 0 Å². The van der Waals surface area contributed by atoms with Crippen molar-refractivity contribution in [1.29, 1.82) is 0 Å². The molecule has 1 radical (unpaired) electrons. The molecular weight excluding hydrogens is 334 g/mol. The van der Waals surface area contributed by atoms with E-state index in [1.54, 1.807) is 41.5 Å². The molecule has 26 heavy (non-hydrogen) atoms. The van der Waals surface area contributed by atoms with E-state index in [2.05, 4.69) is 11.9 Å². The number of hydrogen-bond acceptors (Lipinski definition) is 6. The lowest BCUT2D eigenvalue weighted by Gasteiger charge is -2.31. The first-order chi connectivity index (χ1) is 11.7. The molecule has 1 rings (SSSR count). The lowest BCUT2D eigenvalue weighted by molar-refractivity contribution is -0.162. The predicted octanol–water partition coefficient (Wildman–Crippen LogP) is 3.46. The highest BCUT2D eigenvalue weighted by Gasteiger charge is 2.47. The van der Waals surface area contributed by atoms with Gasteiger partial charge in [-0.15, -0.1) is 0 Å². The summed E-state index contributed by atoms with van der Waals surface area (Å²) in [7, 11) is 0. The maximum Gasteiger partial charge on any atom is 0.349 e. The summed E-state index contributed by atoms with van der Waals surface area (Å²) in [5.74, 6) is -2.28. The van der Waals surface area contributed by atoms with Gasteiger partial charge in [-0.25, -0.2) is 9.59 Å². The number of aliphatic imine (C=N–C) groups is 1. The van der Waals surface area contributed by atoms with E-state index in [0.717, 1.165) is 25.5 Å². The van der Waals surface area contributed by atoms with Crippen LogP contribution in [0.3, 0.4) is 0 Å². The van der Waals surface area contributed by atoms with Crippen LogP contribution in [0.25, 0.3) is 0 Å². The molecule has 0 aromatic rings. The topological polar surface area (TPSA) is 82.0 Å². The van der Waals surface area contributed by atoms with Gasteiger partial charge in [0.1, 0.15) is 17.4 Å². The molecule has 1 aliphatic carbocycles. The summed E-state index contributed by atoms with van der Waals surface area (Å²) in [6.07, 6.45) is 5.18. The Hall–Kier alpha value is -1.72. The molecule has 6 nitrogen and oxygen atoms in total. The first-order valence-electron chi connectivity index (χ1n) is 9.16. The third-order valence-electron chi connectivity index (χ3n) is 3.92. The van der Waals surface area contributed by atoms with Crippen LogP contribution in [0.5, 0.6) is 0 Å². The monoisotopic (exact) mass is 366 g/mol. The van der Waals surface area contributed by atoms with Gasteiger partial charge in [-0.1, -0.05) is 19.3 Å². The highest BCUT2D eigenvalue weighted by atomic mass is 16.6. The Morgan fingerprint density at radius 3 is 1.88 bits per heavy atom. The fraction of sp³-hybridized carbons (Fsp3) is 0.750. The average molecular weight is 366 g/mol. The lowest BCUT2D eigenvalue weighted by atomic mass is 9.79. The van der Waals surface area contributed by atoms with E-state index in [4.69, 9.17) is 9.47 Å². The van der Waals surface area contributed by atoms with Crippen molar-refractivity contribution in [1.82, 2.24) is 0 Å². The molecule has 0 heterocycles. The average Bonchev–Trinajstić information content (AvgIpc) is 2.49. The number of ether oxygens (including phenoxy) is 2. The molecule has 0 aromatic carbocycles. The third kappa shape index (κ3) is 6.89. The van der Waals surface area contributed by atoms with Crippen molar-refractivity contribution in [3.8, 4) is 0 Å². The molecule has 0 N–H and O–H groups in total. The Morgan fingerprint density at radius 1 is 0.923 bits per heavy atom. The third-order valence-corrected chi connectivity index (χ3v) is 3.92. The molecule has 0 saturated heterocycles. The van der Waals surface area contributed by atoms with Crippen molar-refractivity contribution in [2.45, 2.75) is 90.4 Å². The van der Waals surface area contributed by atoms with Crippen LogP contribution in [0.15, 0.2) is 4.99 Å². The molecule has 1 atom stereocenters. The van der Waals surface area contributed by atoms with Crippen LogP contribution in [0.1, 0.15) is 73.6 Å². The first kappa shape index (κ1) is 22.3. The fourth-order valence-corrected chi connectivity index (χ4v) is 2.77. The van der Waals surface area contributed by atoms with Gasteiger partial charge in [0, 0.05) is 5.92 Å². The molecule has 0 aromatic heterocycles. The van der Waals surface area contributed by atoms with Crippen LogP contribution in [0, 0.1) is 12.8 Å². The van der Waals surface area contributed by atoms with Crippen LogP contribution in [-0.2, 0) is 23.9 Å². The van der Waals surface area contributed by atoms with Crippen molar-refractivity contribution >= 4 is 23.9 Å². The van der Waals surface area contributed by atoms with Gasteiger partial charge in [0.05, 0.1) is 0 Å². The second kappa shape index (κ2) is 8.31. The predicted molar refractivity (Wildman–Crippen MR) is 99.9 cm³/mol. The van der Waals surface area contributed by atoms with Crippen molar-refractivity contribution in [2.24, 2.45) is 10.9 Å². The Bertz CT molecular complexity index is 562. The van der Waals surface area contributed by atoms with Gasteiger partial charge in [0.2, 0.25) is 5.54 Å². The van der Waals surface area contributed by atoms with Crippen LogP contribution in [-0.4, -0.2) is 40.7 Å². The summed E-state index contributed by atoms with van der Waals surface area (Å²) in [5.41, 5.74) is -3.49. The summed E-state index contributed by atoms with van der Waals surface area (Å²) in [6, 6.07) is 0. The number of carbonyl (C=O) groups is 3. The van der Waals surface area contributed by atoms with E-state index >= 15 is 0 Å². The smallest absolute Gasteiger partial charge is 0.349 e. The second-order valence-corrected chi connectivity index (χ2v) is 8.85. The first-order valence-corrected chi connectivity index (χ1v) is 9.16. The van der Waals surface area contributed by atoms with Crippen LogP contribution < -0.4 is 0 Å². The molecule has 147 valence electrons. The zero-order valence-electron chi connectivity index (χ0n) is 16.9. The minimum absolute atomic E-state index is 0.301. The van der Waals surface area contributed by atoms with Gasteiger partial charge in [-0.2, -0.15) is 0 Å². The van der Waals surface area contributed by atoms with Gasteiger partial charge in [-0.05, 0) is 61.3 Å². The van der Waals surface area contributed by atoms with Crippen molar-refractivity contribution < 1.29 is 23.9 Å². The largest absolute Gasteiger partial charge is 0.458 e. The van der Waals surface area contributed by atoms with E-state index in [1.807, 2.05) is 0 Å². The highest BCUT2D eigenvalue weighted by molar-refractivity contribution is 6.25. The van der Waals surface area contributed by atoms with Gasteiger partial charge < -0.3 is 9.47 Å². The van der Waals surface area contributed by atoms with E-state index in [-0.39, 0.29) is 5.92 Å². The fourth-order valence-electron chi connectivity index (χ4n) is 2.77. The number of rotatable bonds is 5. The number of carbonyl (C=O) groups excluding carboxylic acids is 3. The molecular formula is C20H32NO5. The number of hydrogen-bond donors (Lipinski definition) is 0. The quantitative estimate of drug-likeness (QED) is 0.423. The van der Waals surface area contributed by atoms with Crippen molar-refractivity contribution in [2.75, 3.05) is 0 Å². The molecule has 6 heteroatoms. The SMILES string of the molecule is [CH2][C@@](N=CC(=O)OC(C)(C)C)(C(=O)OC(C)(C)C)C(=O)C1CCCCC1. The number of nitrogens with zero attached hydrogens (tertiary/aromatic N) is 1. The van der Waals surface area contributed by atoms with Crippen LogP contribution >= 0.6 is 0 Å². The normalized spacial score (nSPS) is 19.0. The van der Waals surface area contributed by atoms with Gasteiger partial charge >= 0.3 is 11.9 Å². The minimum Gasteiger partial charge on any atom is -0.458 e. The standard InChI is InChI=1S/C20H32NO5/c1-18(2,3)25-15(22)13-21-20(7,17(24)26-19(4,5)6)16(23)14-11-9-8-10-12-14/h13-14H,7-12H2,1-6H3/t20-/m0/s1. The van der Waals surface area contributed by atoms with Gasteiger partial charge in [0.15, 0.2) is 5.78 Å². The minimum atomic E-state index is -1.99. The molecule has 0 aliphatic heterocycles. The zero-order chi connectivity index (χ0) is 20.2. The molecule has 0 bridgehead atoms. The van der Waals surface area contributed by atoms with Crippen molar-refractivity contribution in [3.05, 3.63) is 6.92 Å². The zero-order valence-corrected chi connectivity index (χ0v) is 16.9.